The van der Waals surface area contributed by atoms with Crippen LogP contribution >= 0.6 is 23.2 Å². The zero-order valence-corrected chi connectivity index (χ0v) is 17.1. The summed E-state index contributed by atoms with van der Waals surface area (Å²) >= 11 is 12.6. The number of carbonyl (C=O) groups excluding carboxylic acids is 2. The van der Waals surface area contributed by atoms with Crippen LogP contribution in [0.1, 0.15) is 45.3 Å². The van der Waals surface area contributed by atoms with E-state index in [0.29, 0.717) is 0 Å². The first-order valence-corrected chi connectivity index (χ1v) is 9.38. The van der Waals surface area contributed by atoms with Crippen LogP contribution in [0, 0.1) is 17.2 Å². The Kier molecular flexibility index (Phi) is 4.45. The van der Waals surface area contributed by atoms with Crippen LogP contribution in [0.15, 0.2) is 12.1 Å². The van der Waals surface area contributed by atoms with Crippen molar-refractivity contribution in [1.82, 2.24) is 4.98 Å². The van der Waals surface area contributed by atoms with Gasteiger partial charge >= 0.3 is 0 Å². The van der Waals surface area contributed by atoms with Crippen molar-refractivity contribution in [2.75, 3.05) is 14.2 Å². The van der Waals surface area contributed by atoms with Crippen molar-refractivity contribution in [2.24, 2.45) is 5.92 Å². The lowest BCUT2D eigenvalue weighted by atomic mass is 9.71. The predicted molar refractivity (Wildman–Crippen MR) is 103 cm³/mol. The second kappa shape index (κ2) is 6.61. The summed E-state index contributed by atoms with van der Waals surface area (Å²) in [6.45, 7) is 1.72. The number of methoxy groups -OCH3 is 2. The maximum atomic E-state index is 13.7. The molecule has 0 saturated heterocycles. The molecule has 2 atom stereocenters. The summed E-state index contributed by atoms with van der Waals surface area (Å²) in [6, 6.07) is 4.74. The predicted octanol–water partition coefficient (Wildman–Crippen LogP) is 3.97. The zero-order chi connectivity index (χ0) is 21.1. The molecule has 0 amide bonds. The van der Waals surface area contributed by atoms with Gasteiger partial charge in [0.05, 0.1) is 19.8 Å². The van der Waals surface area contributed by atoms with Crippen molar-refractivity contribution in [3.05, 3.63) is 44.7 Å². The van der Waals surface area contributed by atoms with Crippen LogP contribution in [-0.4, -0.2) is 30.8 Å². The number of Topliss-reactive ketones (excluding diaryl/α,β-unsaturated/α-hetero) is 2. The Morgan fingerprint density at radius 3 is 2.55 bits per heavy atom. The van der Waals surface area contributed by atoms with E-state index in [4.69, 9.17) is 37.4 Å². The van der Waals surface area contributed by atoms with Gasteiger partial charge in [0, 0.05) is 24.0 Å². The first kappa shape index (κ1) is 19.5. The average Bonchev–Trinajstić information content (AvgIpc) is 3.02. The molecule has 0 fully saturated rings. The largest absolute Gasteiger partial charge is 0.496 e. The Bertz CT molecular complexity index is 1140. The van der Waals surface area contributed by atoms with Gasteiger partial charge in [-0.15, -0.1) is 0 Å². The van der Waals surface area contributed by atoms with E-state index < -0.39 is 17.3 Å². The number of rotatable bonds is 2. The molecule has 2 heterocycles. The Hall–Kier alpha value is -2.82. The summed E-state index contributed by atoms with van der Waals surface area (Å²) in [7, 11) is 2.85. The third-order valence-electron chi connectivity index (χ3n) is 5.35. The number of benzene rings is 1. The number of nitriles is 1. The van der Waals surface area contributed by atoms with Gasteiger partial charge in [-0.25, -0.2) is 4.98 Å². The number of ketones is 2. The minimum Gasteiger partial charge on any atom is -0.496 e. The molecular formula is C20H14Cl2N2O5. The topological polar surface area (TPSA) is 98.5 Å². The summed E-state index contributed by atoms with van der Waals surface area (Å²) in [5, 5.41) is 9.23. The molecule has 0 radical (unpaired) electrons. The molecule has 1 spiro atoms. The van der Waals surface area contributed by atoms with Crippen LogP contribution in [-0.2, 0) is 5.60 Å². The third kappa shape index (κ3) is 2.46. The van der Waals surface area contributed by atoms with Crippen LogP contribution in [0.5, 0.6) is 17.2 Å². The van der Waals surface area contributed by atoms with Crippen LogP contribution in [0.2, 0.25) is 10.2 Å². The summed E-state index contributed by atoms with van der Waals surface area (Å²) < 4.78 is 16.8. The molecule has 0 bridgehead atoms. The fourth-order valence-corrected chi connectivity index (χ4v) is 4.36. The molecule has 1 aromatic heterocycles. The van der Waals surface area contributed by atoms with Crippen molar-refractivity contribution in [2.45, 2.75) is 18.9 Å². The Labute approximate surface area is 176 Å². The highest BCUT2D eigenvalue weighted by molar-refractivity contribution is 6.35. The quantitative estimate of drug-likeness (QED) is 0.661. The van der Waals surface area contributed by atoms with Crippen LogP contribution in [0.4, 0.5) is 0 Å². The number of pyridine rings is 1. The number of halogens is 2. The third-order valence-corrected chi connectivity index (χ3v) is 6.00. The SMILES string of the molecule is COc1cc(OC)c2c(c1Cl)O[C@]1(C2=O)c2nc(Cl)c(C#N)cc2C(=O)C[C@H]1C. The number of hydrogen-bond donors (Lipinski definition) is 0. The smallest absolute Gasteiger partial charge is 0.220 e. The van der Waals surface area contributed by atoms with E-state index in [-0.39, 0.29) is 62.0 Å². The van der Waals surface area contributed by atoms with Crippen molar-refractivity contribution in [3.8, 4) is 23.3 Å². The molecule has 2 aromatic rings. The molecule has 0 N–H and O–H groups in total. The van der Waals surface area contributed by atoms with Gasteiger partial charge < -0.3 is 14.2 Å². The normalized spacial score (nSPS) is 22.0. The molecule has 1 aliphatic heterocycles. The molecule has 1 aliphatic carbocycles. The van der Waals surface area contributed by atoms with Gasteiger partial charge in [-0.3, -0.25) is 9.59 Å². The Morgan fingerprint density at radius 1 is 1.24 bits per heavy atom. The monoisotopic (exact) mass is 432 g/mol. The summed E-state index contributed by atoms with van der Waals surface area (Å²) in [5.41, 5.74) is -1.22. The molecular weight excluding hydrogens is 419 g/mol. The van der Waals surface area contributed by atoms with E-state index in [1.165, 1.54) is 26.4 Å². The molecule has 0 saturated carbocycles. The lowest BCUT2D eigenvalue weighted by Crippen LogP contribution is -2.49. The minimum atomic E-state index is -1.62. The van der Waals surface area contributed by atoms with Gasteiger partial charge in [0.25, 0.3) is 0 Å². The van der Waals surface area contributed by atoms with E-state index >= 15 is 0 Å². The van der Waals surface area contributed by atoms with Gasteiger partial charge in [-0.05, 0) is 6.07 Å². The van der Waals surface area contributed by atoms with Crippen molar-refractivity contribution >= 4 is 34.8 Å². The van der Waals surface area contributed by atoms with Crippen LogP contribution < -0.4 is 14.2 Å². The van der Waals surface area contributed by atoms with E-state index in [9.17, 15) is 14.9 Å². The van der Waals surface area contributed by atoms with Crippen molar-refractivity contribution in [3.63, 3.8) is 0 Å². The second-order valence-corrected chi connectivity index (χ2v) is 7.57. The van der Waals surface area contributed by atoms with Crippen molar-refractivity contribution < 1.29 is 23.8 Å². The van der Waals surface area contributed by atoms with Gasteiger partial charge in [-0.2, -0.15) is 5.26 Å². The average molecular weight is 433 g/mol. The molecule has 4 rings (SSSR count). The van der Waals surface area contributed by atoms with Gasteiger partial charge in [0.15, 0.2) is 11.5 Å². The van der Waals surface area contributed by atoms with E-state index in [2.05, 4.69) is 4.98 Å². The first-order valence-electron chi connectivity index (χ1n) is 8.62. The maximum absolute atomic E-state index is 13.7. The van der Waals surface area contributed by atoms with Gasteiger partial charge in [0.1, 0.15) is 39.0 Å². The second-order valence-electron chi connectivity index (χ2n) is 6.83. The summed E-state index contributed by atoms with van der Waals surface area (Å²) in [5.74, 6) is -0.649. The van der Waals surface area contributed by atoms with Crippen LogP contribution in [0.3, 0.4) is 0 Å². The number of carbonyl (C=O) groups is 2. The molecule has 0 unspecified atom stereocenters. The Balaban J connectivity index is 2.03. The minimum absolute atomic E-state index is 0.0258. The lowest BCUT2D eigenvalue weighted by molar-refractivity contribution is 0.0193. The molecule has 2 aliphatic rings. The summed E-state index contributed by atoms with van der Waals surface area (Å²) in [6.07, 6.45) is 0.0258. The molecule has 1 aromatic carbocycles. The highest BCUT2D eigenvalue weighted by atomic mass is 35.5. The highest BCUT2D eigenvalue weighted by Crippen LogP contribution is 2.56. The lowest BCUT2D eigenvalue weighted by Gasteiger charge is -2.37. The number of aromatic nitrogens is 1. The Morgan fingerprint density at radius 2 is 1.93 bits per heavy atom. The number of nitrogens with zero attached hydrogens (tertiary/aromatic N) is 2. The number of ether oxygens (including phenoxy) is 3. The first-order chi connectivity index (χ1) is 13.8. The van der Waals surface area contributed by atoms with E-state index in [1.807, 2.05) is 6.07 Å². The fourth-order valence-electron chi connectivity index (χ4n) is 3.91. The standard InChI is InChI=1S/C20H14Cl2N2O5/c1-8-4-11(25)10-5-9(7-23)19(22)24-17(10)20(8)18(26)14-12(27-2)6-13(28-3)15(21)16(14)29-20/h5-6,8H,4H2,1-3H3/t8-,20+/m1/s1. The van der Waals surface area contributed by atoms with Gasteiger partial charge in [0.2, 0.25) is 11.4 Å². The molecule has 7 nitrogen and oxygen atoms in total. The highest BCUT2D eigenvalue weighted by Gasteiger charge is 2.60. The number of fused-ring (bicyclic) bond motifs is 3. The molecule has 29 heavy (non-hydrogen) atoms. The molecule has 148 valence electrons. The van der Waals surface area contributed by atoms with Gasteiger partial charge in [-0.1, -0.05) is 30.1 Å². The van der Waals surface area contributed by atoms with Crippen molar-refractivity contribution in [1.29, 1.82) is 5.26 Å². The van der Waals surface area contributed by atoms with Crippen LogP contribution in [0.25, 0.3) is 0 Å². The maximum Gasteiger partial charge on any atom is 0.220 e. The van der Waals surface area contributed by atoms with E-state index in [1.54, 1.807) is 6.92 Å². The summed E-state index contributed by atoms with van der Waals surface area (Å²) in [4.78, 5) is 30.6. The fraction of sp³-hybridized carbons (Fsp3) is 0.300. The zero-order valence-electron chi connectivity index (χ0n) is 15.6. The number of hydrogen-bond acceptors (Lipinski definition) is 7. The molecule has 9 heteroatoms. The van der Waals surface area contributed by atoms with E-state index in [0.717, 1.165) is 0 Å².